The number of anilines is 2. The van der Waals surface area contributed by atoms with E-state index in [2.05, 4.69) is 20.6 Å². The molecule has 0 aliphatic rings. The van der Waals surface area contributed by atoms with Crippen molar-refractivity contribution in [3.05, 3.63) is 65.9 Å². The molecule has 0 unspecified atom stereocenters. The van der Waals surface area contributed by atoms with Crippen LogP contribution in [0.3, 0.4) is 0 Å². The van der Waals surface area contributed by atoms with Crippen LogP contribution < -0.4 is 10.6 Å². The van der Waals surface area contributed by atoms with E-state index in [1.807, 2.05) is 30.3 Å². The van der Waals surface area contributed by atoms with E-state index in [1.54, 1.807) is 19.1 Å². The van der Waals surface area contributed by atoms with E-state index in [0.717, 1.165) is 5.56 Å². The van der Waals surface area contributed by atoms with Gasteiger partial charge in [-0.1, -0.05) is 54.9 Å². The van der Waals surface area contributed by atoms with Crippen LogP contribution in [-0.4, -0.2) is 30.2 Å². The fourth-order valence-electron chi connectivity index (χ4n) is 2.73. The minimum absolute atomic E-state index is 0.0275. The topological polar surface area (TPSA) is 101 Å². The molecule has 0 saturated carbocycles. The zero-order chi connectivity index (χ0) is 20.9. The molecule has 0 radical (unpaired) electrons. The van der Waals surface area contributed by atoms with Gasteiger partial charge in [-0.2, -0.15) is 0 Å². The average Bonchev–Trinajstić information content (AvgIpc) is 2.68. The van der Waals surface area contributed by atoms with E-state index in [4.69, 9.17) is 11.6 Å². The highest BCUT2D eigenvalue weighted by atomic mass is 35.5. The third-order valence-electron chi connectivity index (χ3n) is 4.00. The summed E-state index contributed by atoms with van der Waals surface area (Å²) in [6.07, 6.45) is 1.91. The number of sulfone groups is 1. The average molecular weight is 431 g/mol. The molecule has 0 spiro atoms. The third kappa shape index (κ3) is 5.30. The Morgan fingerprint density at radius 1 is 1.07 bits per heavy atom. The number of nitrogens with one attached hydrogen (secondary N) is 2. The SMILES string of the molecule is CCCS(=O)(=O)c1ccc(-c2ccccc2)c(NC(=O)Nc2nccc(Cl)n2)c1. The van der Waals surface area contributed by atoms with Crippen LogP contribution in [0.1, 0.15) is 13.3 Å². The summed E-state index contributed by atoms with van der Waals surface area (Å²) in [7, 11) is -3.45. The molecule has 0 saturated heterocycles. The van der Waals surface area contributed by atoms with E-state index >= 15 is 0 Å². The second-order valence-corrected chi connectivity index (χ2v) is 8.67. The van der Waals surface area contributed by atoms with Gasteiger partial charge in [0.15, 0.2) is 9.84 Å². The van der Waals surface area contributed by atoms with Crippen LogP contribution in [0.2, 0.25) is 5.15 Å². The van der Waals surface area contributed by atoms with Crippen molar-refractivity contribution < 1.29 is 13.2 Å². The molecule has 0 bridgehead atoms. The Labute approximate surface area is 174 Å². The van der Waals surface area contributed by atoms with Crippen molar-refractivity contribution in [2.45, 2.75) is 18.2 Å². The first-order valence-electron chi connectivity index (χ1n) is 8.88. The summed E-state index contributed by atoms with van der Waals surface area (Å²) in [6.45, 7) is 1.80. The lowest BCUT2D eigenvalue weighted by atomic mass is 10.0. The molecule has 3 aromatic rings. The summed E-state index contributed by atoms with van der Waals surface area (Å²) < 4.78 is 25.0. The number of benzene rings is 2. The van der Waals surface area contributed by atoms with Crippen LogP contribution in [0.15, 0.2) is 65.7 Å². The first-order chi connectivity index (χ1) is 13.9. The van der Waals surface area contributed by atoms with Crippen LogP contribution in [-0.2, 0) is 9.84 Å². The Morgan fingerprint density at radius 3 is 2.52 bits per heavy atom. The highest BCUT2D eigenvalue weighted by Crippen LogP contribution is 2.31. The minimum Gasteiger partial charge on any atom is -0.307 e. The number of halogens is 1. The normalized spacial score (nSPS) is 11.1. The lowest BCUT2D eigenvalue weighted by Crippen LogP contribution is -2.21. The molecular weight excluding hydrogens is 412 g/mol. The van der Waals surface area contributed by atoms with E-state index in [1.165, 1.54) is 18.3 Å². The third-order valence-corrected chi connectivity index (χ3v) is 6.13. The maximum atomic E-state index is 12.5. The van der Waals surface area contributed by atoms with Crippen LogP contribution in [0.25, 0.3) is 11.1 Å². The van der Waals surface area contributed by atoms with Gasteiger partial charge in [0.1, 0.15) is 5.15 Å². The number of aromatic nitrogens is 2. The molecule has 2 aromatic carbocycles. The van der Waals surface area contributed by atoms with Gasteiger partial charge in [-0.25, -0.2) is 23.2 Å². The second-order valence-electron chi connectivity index (χ2n) is 6.17. The van der Waals surface area contributed by atoms with Gasteiger partial charge < -0.3 is 5.32 Å². The molecule has 2 amide bonds. The quantitative estimate of drug-likeness (QED) is 0.555. The molecule has 7 nitrogen and oxygen atoms in total. The van der Waals surface area contributed by atoms with E-state index in [0.29, 0.717) is 17.7 Å². The largest absolute Gasteiger partial charge is 0.326 e. The monoisotopic (exact) mass is 430 g/mol. The molecule has 1 aromatic heterocycles. The van der Waals surface area contributed by atoms with Crippen LogP contribution in [0.5, 0.6) is 0 Å². The summed E-state index contributed by atoms with van der Waals surface area (Å²) in [6, 6.07) is 14.9. The van der Waals surface area contributed by atoms with E-state index < -0.39 is 15.9 Å². The number of rotatable bonds is 6. The fourth-order valence-corrected chi connectivity index (χ4v) is 4.21. The summed E-state index contributed by atoms with van der Waals surface area (Å²) in [4.78, 5) is 20.4. The molecule has 0 aliphatic carbocycles. The van der Waals surface area contributed by atoms with Gasteiger partial charge in [0.05, 0.1) is 16.3 Å². The van der Waals surface area contributed by atoms with E-state index in [9.17, 15) is 13.2 Å². The van der Waals surface area contributed by atoms with E-state index in [-0.39, 0.29) is 21.7 Å². The maximum absolute atomic E-state index is 12.5. The minimum atomic E-state index is -3.45. The van der Waals surface area contributed by atoms with Crippen molar-refractivity contribution >= 4 is 39.1 Å². The highest BCUT2D eigenvalue weighted by molar-refractivity contribution is 7.91. The predicted octanol–water partition coefficient (Wildman–Crippen LogP) is 4.62. The van der Waals surface area contributed by atoms with Crippen molar-refractivity contribution in [1.29, 1.82) is 0 Å². The van der Waals surface area contributed by atoms with Gasteiger partial charge >= 0.3 is 6.03 Å². The molecule has 29 heavy (non-hydrogen) atoms. The standard InChI is InChI=1S/C20H19ClN4O3S/c1-2-12-29(27,28)15-8-9-16(14-6-4-3-5-7-14)17(13-15)23-20(26)25-19-22-11-10-18(21)24-19/h3-11,13H,2,12H2,1H3,(H2,22,23,24,25,26). The number of amides is 2. The summed E-state index contributed by atoms with van der Waals surface area (Å²) >= 11 is 5.80. The number of nitrogens with zero attached hydrogens (tertiary/aromatic N) is 2. The lowest BCUT2D eigenvalue weighted by molar-refractivity contribution is 0.262. The molecule has 0 aliphatic heterocycles. The molecule has 2 N–H and O–H groups in total. The highest BCUT2D eigenvalue weighted by Gasteiger charge is 2.17. The Balaban J connectivity index is 1.96. The van der Waals surface area contributed by atoms with Crippen molar-refractivity contribution in [2.75, 3.05) is 16.4 Å². The Hall–Kier alpha value is -2.97. The molecule has 0 fully saturated rings. The number of urea groups is 1. The number of carbonyl (C=O) groups is 1. The summed E-state index contributed by atoms with van der Waals surface area (Å²) in [5.74, 6) is 0.0608. The van der Waals surface area contributed by atoms with Gasteiger partial charge in [0.25, 0.3) is 0 Å². The van der Waals surface area contributed by atoms with Gasteiger partial charge in [-0.15, -0.1) is 0 Å². The number of hydrogen-bond acceptors (Lipinski definition) is 5. The zero-order valence-electron chi connectivity index (χ0n) is 15.6. The number of carbonyl (C=O) groups excluding carboxylic acids is 1. The zero-order valence-corrected chi connectivity index (χ0v) is 17.2. The molecule has 3 rings (SSSR count). The van der Waals surface area contributed by atoms with Gasteiger partial charge in [-0.3, -0.25) is 5.32 Å². The van der Waals surface area contributed by atoms with Gasteiger partial charge in [0.2, 0.25) is 5.95 Å². The van der Waals surface area contributed by atoms with Gasteiger partial charge in [-0.05, 0) is 30.2 Å². The Kier molecular flexibility index (Phi) is 6.46. The summed E-state index contributed by atoms with van der Waals surface area (Å²) in [5.41, 5.74) is 1.87. The molecule has 9 heteroatoms. The smallest absolute Gasteiger partial charge is 0.307 e. The summed E-state index contributed by atoms with van der Waals surface area (Å²) in [5, 5.41) is 5.37. The first kappa shape index (κ1) is 20.8. The van der Waals surface area contributed by atoms with Crippen molar-refractivity contribution in [2.24, 2.45) is 0 Å². The predicted molar refractivity (Wildman–Crippen MR) is 114 cm³/mol. The van der Waals surface area contributed by atoms with Crippen LogP contribution in [0.4, 0.5) is 16.4 Å². The Bertz CT molecular complexity index is 1120. The second kappa shape index (κ2) is 9.02. The fraction of sp³-hybridized carbons (Fsp3) is 0.150. The molecule has 1 heterocycles. The van der Waals surface area contributed by atoms with Crippen molar-refractivity contribution in [3.63, 3.8) is 0 Å². The molecule has 150 valence electrons. The number of hydrogen-bond donors (Lipinski definition) is 2. The van der Waals surface area contributed by atoms with Crippen molar-refractivity contribution in [3.8, 4) is 11.1 Å². The van der Waals surface area contributed by atoms with Crippen LogP contribution >= 0.6 is 11.6 Å². The first-order valence-corrected chi connectivity index (χ1v) is 10.9. The van der Waals surface area contributed by atoms with Crippen molar-refractivity contribution in [1.82, 2.24) is 9.97 Å². The van der Waals surface area contributed by atoms with Crippen LogP contribution in [0, 0.1) is 0 Å². The maximum Gasteiger partial charge on any atom is 0.326 e. The lowest BCUT2D eigenvalue weighted by Gasteiger charge is -2.14. The van der Waals surface area contributed by atoms with Gasteiger partial charge in [0, 0.05) is 11.8 Å². The Morgan fingerprint density at radius 2 is 1.83 bits per heavy atom. The molecule has 0 atom stereocenters. The molecular formula is C20H19ClN4O3S.